The van der Waals surface area contributed by atoms with Gasteiger partial charge in [0.05, 0.1) is 25.7 Å². The van der Waals surface area contributed by atoms with Crippen molar-refractivity contribution in [1.82, 2.24) is 5.06 Å². The minimum absolute atomic E-state index is 0.145. The van der Waals surface area contributed by atoms with Gasteiger partial charge >= 0.3 is 5.97 Å². The van der Waals surface area contributed by atoms with Crippen LogP contribution < -0.4 is 0 Å². The molecule has 0 amide bonds. The first-order chi connectivity index (χ1) is 9.29. The van der Waals surface area contributed by atoms with Crippen LogP contribution in [0.15, 0.2) is 29.1 Å². The fraction of sp³-hybridized carbons (Fsp3) is 0.500. The lowest BCUT2D eigenvalue weighted by Gasteiger charge is -2.15. The fourth-order valence-corrected chi connectivity index (χ4v) is 2.85. The molecule has 3 rings (SSSR count). The normalized spacial score (nSPS) is 30.9. The Hall–Kier alpha value is -1.59. The molecule has 3 atom stereocenters. The third-order valence-corrected chi connectivity index (χ3v) is 3.77. The Morgan fingerprint density at radius 1 is 1.58 bits per heavy atom. The van der Waals surface area contributed by atoms with Gasteiger partial charge in [0.2, 0.25) is 0 Å². The zero-order chi connectivity index (χ0) is 13.2. The molecule has 5 heteroatoms. The molecule has 2 saturated heterocycles. The van der Waals surface area contributed by atoms with E-state index in [1.165, 1.54) is 7.11 Å². The summed E-state index contributed by atoms with van der Waals surface area (Å²) in [6, 6.07) is 2.01. The quantitative estimate of drug-likeness (QED) is 0.779. The van der Waals surface area contributed by atoms with Crippen LogP contribution in [0.5, 0.6) is 0 Å². The van der Waals surface area contributed by atoms with Gasteiger partial charge in [0.1, 0.15) is 12.0 Å². The number of fused-ring (bicyclic) bond motifs is 1. The second-order valence-electron chi connectivity index (χ2n) is 4.89. The third kappa shape index (κ3) is 2.31. The van der Waals surface area contributed by atoms with E-state index in [2.05, 4.69) is 0 Å². The van der Waals surface area contributed by atoms with Crippen LogP contribution in [0.2, 0.25) is 0 Å². The van der Waals surface area contributed by atoms with Gasteiger partial charge in [-0.25, -0.2) is 0 Å². The van der Waals surface area contributed by atoms with Crippen molar-refractivity contribution in [3.63, 3.8) is 0 Å². The number of hydrogen-bond acceptors (Lipinski definition) is 5. The summed E-state index contributed by atoms with van der Waals surface area (Å²) in [6.07, 6.45) is 8.88. The van der Waals surface area contributed by atoms with E-state index in [1.54, 1.807) is 12.5 Å². The number of nitrogens with zero attached hydrogens (tertiary/aromatic N) is 1. The van der Waals surface area contributed by atoms with Crippen LogP contribution in [-0.2, 0) is 14.4 Å². The number of furan rings is 1. The number of ether oxygens (including phenoxy) is 1. The second kappa shape index (κ2) is 5.19. The van der Waals surface area contributed by atoms with Crippen molar-refractivity contribution in [3.05, 3.63) is 30.2 Å². The summed E-state index contributed by atoms with van der Waals surface area (Å²) < 4.78 is 9.92. The lowest BCUT2D eigenvalue weighted by molar-refractivity contribution is -0.148. The highest BCUT2D eigenvalue weighted by Crippen LogP contribution is 2.36. The van der Waals surface area contributed by atoms with Gasteiger partial charge in [0.25, 0.3) is 0 Å². The first-order valence-electron chi connectivity index (χ1n) is 6.51. The topological polar surface area (TPSA) is 51.9 Å². The highest BCUT2D eigenvalue weighted by molar-refractivity contribution is 5.75. The maximum atomic E-state index is 11.9. The standard InChI is InChI=1S/C14H17NO4/c1-17-14(16)13-11-3-2-7-15(11)19-12(13)5-4-10-6-8-18-9-10/h4-6,8-9,11-13H,2-3,7H2,1H3/t11-,12?,13?/m0/s1. The van der Waals surface area contributed by atoms with Crippen molar-refractivity contribution in [1.29, 1.82) is 0 Å². The molecule has 0 aromatic carbocycles. The van der Waals surface area contributed by atoms with Crippen molar-refractivity contribution < 1.29 is 18.8 Å². The number of hydroxylamine groups is 2. The zero-order valence-corrected chi connectivity index (χ0v) is 10.8. The van der Waals surface area contributed by atoms with Gasteiger partial charge in [0.15, 0.2) is 0 Å². The molecule has 0 spiro atoms. The molecular formula is C14H17NO4. The third-order valence-electron chi connectivity index (χ3n) is 3.77. The molecule has 2 aliphatic rings. The number of carbonyl (C=O) groups is 1. The second-order valence-corrected chi connectivity index (χ2v) is 4.89. The van der Waals surface area contributed by atoms with Crippen LogP contribution in [0.4, 0.5) is 0 Å². The fourth-order valence-electron chi connectivity index (χ4n) is 2.85. The molecule has 0 radical (unpaired) electrons. The first-order valence-corrected chi connectivity index (χ1v) is 6.51. The van der Waals surface area contributed by atoms with Crippen LogP contribution in [0.25, 0.3) is 6.08 Å². The maximum absolute atomic E-state index is 11.9. The molecular weight excluding hydrogens is 246 g/mol. The number of rotatable bonds is 3. The SMILES string of the molecule is COC(=O)C1C(C=Cc2ccoc2)ON2CCC[C@@H]12. The Labute approximate surface area is 111 Å². The summed E-state index contributed by atoms with van der Waals surface area (Å²) in [7, 11) is 1.43. The largest absolute Gasteiger partial charge is 0.472 e. The molecule has 102 valence electrons. The first kappa shape index (κ1) is 12.4. The van der Waals surface area contributed by atoms with Crippen LogP contribution in [0.3, 0.4) is 0 Å². The molecule has 1 aromatic heterocycles. The summed E-state index contributed by atoms with van der Waals surface area (Å²) in [4.78, 5) is 17.8. The number of carbonyl (C=O) groups excluding carboxylic acids is 1. The van der Waals surface area contributed by atoms with Crippen LogP contribution in [-0.4, -0.2) is 36.8 Å². The Morgan fingerprint density at radius 3 is 3.21 bits per heavy atom. The number of esters is 1. The summed E-state index contributed by atoms with van der Waals surface area (Å²) >= 11 is 0. The minimum Gasteiger partial charge on any atom is -0.472 e. The molecule has 0 N–H and O–H groups in total. The lowest BCUT2D eigenvalue weighted by atomic mass is 9.93. The van der Waals surface area contributed by atoms with Crippen LogP contribution >= 0.6 is 0 Å². The highest BCUT2D eigenvalue weighted by Gasteiger charge is 2.48. The molecule has 0 aliphatic carbocycles. The predicted octanol–water partition coefficient (Wildman–Crippen LogP) is 1.86. The van der Waals surface area contributed by atoms with Crippen LogP contribution in [0.1, 0.15) is 18.4 Å². The number of hydrogen-bond donors (Lipinski definition) is 0. The van der Waals surface area contributed by atoms with E-state index in [4.69, 9.17) is 14.0 Å². The van der Waals surface area contributed by atoms with Gasteiger partial charge in [-0.1, -0.05) is 12.2 Å². The van der Waals surface area contributed by atoms with E-state index < -0.39 is 0 Å². The zero-order valence-electron chi connectivity index (χ0n) is 10.8. The molecule has 2 fully saturated rings. The van der Waals surface area contributed by atoms with E-state index in [0.29, 0.717) is 0 Å². The lowest BCUT2D eigenvalue weighted by Crippen LogP contribution is -2.33. The molecule has 2 aliphatic heterocycles. The van der Waals surface area contributed by atoms with Gasteiger partial charge in [-0.15, -0.1) is 0 Å². The van der Waals surface area contributed by atoms with Crippen molar-refractivity contribution in [2.75, 3.05) is 13.7 Å². The molecule has 5 nitrogen and oxygen atoms in total. The van der Waals surface area contributed by atoms with Crippen molar-refractivity contribution in [2.24, 2.45) is 5.92 Å². The van der Waals surface area contributed by atoms with Gasteiger partial charge in [-0.3, -0.25) is 9.63 Å². The molecule has 19 heavy (non-hydrogen) atoms. The Bertz CT molecular complexity index is 468. The monoisotopic (exact) mass is 263 g/mol. The van der Waals surface area contributed by atoms with Crippen molar-refractivity contribution in [2.45, 2.75) is 25.0 Å². The van der Waals surface area contributed by atoms with E-state index in [0.717, 1.165) is 24.9 Å². The van der Waals surface area contributed by atoms with Crippen LogP contribution in [0, 0.1) is 5.92 Å². The average Bonchev–Trinajstić information content (AvgIpc) is 3.11. The van der Waals surface area contributed by atoms with Crippen molar-refractivity contribution in [3.8, 4) is 0 Å². The maximum Gasteiger partial charge on any atom is 0.313 e. The van der Waals surface area contributed by atoms with E-state index >= 15 is 0 Å². The summed E-state index contributed by atoms with van der Waals surface area (Å²) in [6.45, 7) is 0.883. The molecule has 1 aromatic rings. The number of methoxy groups -OCH3 is 1. The average molecular weight is 263 g/mol. The minimum atomic E-state index is -0.257. The van der Waals surface area contributed by atoms with Crippen molar-refractivity contribution >= 4 is 12.0 Å². The Morgan fingerprint density at radius 2 is 2.47 bits per heavy atom. The Balaban J connectivity index is 1.77. The predicted molar refractivity (Wildman–Crippen MR) is 67.8 cm³/mol. The molecule has 3 heterocycles. The van der Waals surface area contributed by atoms with Gasteiger partial charge in [0, 0.05) is 12.1 Å². The summed E-state index contributed by atoms with van der Waals surface area (Å²) in [5.41, 5.74) is 0.958. The van der Waals surface area contributed by atoms with Gasteiger partial charge in [-0.05, 0) is 18.9 Å². The molecule has 0 bridgehead atoms. The Kier molecular flexibility index (Phi) is 3.40. The molecule has 2 unspecified atom stereocenters. The van der Waals surface area contributed by atoms with E-state index in [-0.39, 0.29) is 24.0 Å². The van der Waals surface area contributed by atoms with E-state index in [9.17, 15) is 4.79 Å². The van der Waals surface area contributed by atoms with Gasteiger partial charge in [-0.2, -0.15) is 5.06 Å². The molecule has 0 saturated carbocycles. The van der Waals surface area contributed by atoms with Gasteiger partial charge < -0.3 is 9.15 Å². The summed E-state index contributed by atoms with van der Waals surface area (Å²) in [5.74, 6) is -0.438. The summed E-state index contributed by atoms with van der Waals surface area (Å²) in [5, 5.41) is 1.92. The van der Waals surface area contributed by atoms with E-state index in [1.807, 2.05) is 23.3 Å². The highest BCUT2D eigenvalue weighted by atomic mass is 16.7. The smallest absolute Gasteiger partial charge is 0.313 e.